The number of benzene rings is 2. The monoisotopic (exact) mass is 374 g/mol. The Kier molecular flexibility index (Phi) is 5.24. The fourth-order valence-electron chi connectivity index (χ4n) is 3.63. The first-order chi connectivity index (χ1) is 13.7. The van der Waals surface area contributed by atoms with Crippen LogP contribution in [0.5, 0.6) is 0 Å². The maximum absolute atomic E-state index is 13.0. The van der Waals surface area contributed by atoms with Gasteiger partial charge < -0.3 is 14.2 Å². The summed E-state index contributed by atoms with van der Waals surface area (Å²) in [5, 5.41) is 0. The van der Waals surface area contributed by atoms with Gasteiger partial charge in [-0.15, -0.1) is 0 Å². The third-order valence-electron chi connectivity index (χ3n) is 5.11. The summed E-state index contributed by atoms with van der Waals surface area (Å²) in [5.41, 5.74) is 1.90. The Balaban J connectivity index is 1.46. The number of anilines is 1. The number of hydrogen-bond donors (Lipinski definition) is 0. The van der Waals surface area contributed by atoms with Gasteiger partial charge >= 0.3 is 0 Å². The molecule has 3 aromatic rings. The number of hydrogen-bond acceptors (Lipinski definition) is 3. The van der Waals surface area contributed by atoms with Gasteiger partial charge in [0.25, 0.3) is 0 Å². The highest BCUT2D eigenvalue weighted by Gasteiger charge is 2.30. The predicted octanol–water partition coefficient (Wildman–Crippen LogP) is 3.68. The average Bonchev–Trinajstić information content (AvgIpc) is 3.27. The molecule has 1 aromatic heterocycles. The Hall–Kier alpha value is -3.34. The van der Waals surface area contributed by atoms with E-state index < -0.39 is 0 Å². The van der Waals surface area contributed by atoms with Crippen LogP contribution in [0.2, 0.25) is 0 Å². The Morgan fingerprint density at radius 1 is 0.929 bits per heavy atom. The van der Waals surface area contributed by atoms with Crippen molar-refractivity contribution < 1.29 is 14.0 Å². The molecule has 1 fully saturated rings. The van der Waals surface area contributed by atoms with E-state index >= 15 is 0 Å². The van der Waals surface area contributed by atoms with Crippen LogP contribution in [0.3, 0.4) is 0 Å². The standard InChI is InChI=1S/C23H22N2O3/c26-22(16-20(21-12-7-15-28-21)18-8-3-1-4-9-18)24-13-14-25(23(27)17-24)19-10-5-2-6-11-19/h1-12,15,20H,13-14,16-17H2. The first-order valence-corrected chi connectivity index (χ1v) is 9.44. The molecule has 5 heteroatoms. The molecule has 0 spiro atoms. The van der Waals surface area contributed by atoms with Gasteiger partial charge in [0.2, 0.25) is 11.8 Å². The molecule has 2 heterocycles. The molecule has 0 bridgehead atoms. The molecule has 1 aliphatic rings. The fraction of sp³-hybridized carbons (Fsp3) is 0.217. The summed E-state index contributed by atoms with van der Waals surface area (Å²) in [6, 6.07) is 23.2. The Morgan fingerprint density at radius 2 is 1.64 bits per heavy atom. The van der Waals surface area contributed by atoms with Gasteiger partial charge in [-0.3, -0.25) is 9.59 Å². The molecule has 0 aliphatic carbocycles. The topological polar surface area (TPSA) is 53.8 Å². The molecule has 1 saturated heterocycles. The number of para-hydroxylation sites is 1. The van der Waals surface area contributed by atoms with Gasteiger partial charge in [0.05, 0.1) is 12.2 Å². The first kappa shape index (κ1) is 18.0. The van der Waals surface area contributed by atoms with E-state index in [4.69, 9.17) is 4.42 Å². The lowest BCUT2D eigenvalue weighted by Crippen LogP contribution is -2.52. The summed E-state index contributed by atoms with van der Waals surface area (Å²) in [7, 11) is 0. The van der Waals surface area contributed by atoms with Crippen LogP contribution in [-0.2, 0) is 9.59 Å². The van der Waals surface area contributed by atoms with E-state index in [-0.39, 0.29) is 30.7 Å². The zero-order valence-corrected chi connectivity index (χ0v) is 15.5. The molecule has 5 nitrogen and oxygen atoms in total. The molecule has 1 atom stereocenters. The lowest BCUT2D eigenvalue weighted by atomic mass is 9.92. The predicted molar refractivity (Wildman–Crippen MR) is 107 cm³/mol. The van der Waals surface area contributed by atoms with Crippen molar-refractivity contribution in [1.82, 2.24) is 4.90 Å². The minimum Gasteiger partial charge on any atom is -0.469 e. The van der Waals surface area contributed by atoms with E-state index in [1.54, 1.807) is 16.1 Å². The van der Waals surface area contributed by atoms with Crippen molar-refractivity contribution in [2.24, 2.45) is 0 Å². The SMILES string of the molecule is O=C(CC(c1ccccc1)c1ccco1)N1CCN(c2ccccc2)C(=O)C1. The van der Waals surface area contributed by atoms with Crippen molar-refractivity contribution in [3.63, 3.8) is 0 Å². The van der Waals surface area contributed by atoms with E-state index in [1.807, 2.05) is 72.8 Å². The zero-order valence-electron chi connectivity index (χ0n) is 15.5. The van der Waals surface area contributed by atoms with Gasteiger partial charge in [-0.2, -0.15) is 0 Å². The summed E-state index contributed by atoms with van der Waals surface area (Å²) in [6.07, 6.45) is 1.90. The second-order valence-electron chi connectivity index (χ2n) is 6.88. The molecular weight excluding hydrogens is 352 g/mol. The van der Waals surface area contributed by atoms with Crippen LogP contribution in [0, 0.1) is 0 Å². The lowest BCUT2D eigenvalue weighted by Gasteiger charge is -2.35. The molecule has 0 saturated carbocycles. The molecule has 28 heavy (non-hydrogen) atoms. The van der Waals surface area contributed by atoms with Crippen LogP contribution in [0.15, 0.2) is 83.5 Å². The summed E-state index contributed by atoms with van der Waals surface area (Å²) in [4.78, 5) is 29.0. The highest BCUT2D eigenvalue weighted by atomic mass is 16.3. The third-order valence-corrected chi connectivity index (χ3v) is 5.11. The maximum Gasteiger partial charge on any atom is 0.246 e. The van der Waals surface area contributed by atoms with Crippen LogP contribution in [-0.4, -0.2) is 36.3 Å². The van der Waals surface area contributed by atoms with Crippen molar-refractivity contribution in [2.45, 2.75) is 12.3 Å². The number of piperazine rings is 1. The highest BCUT2D eigenvalue weighted by Crippen LogP contribution is 2.29. The second-order valence-corrected chi connectivity index (χ2v) is 6.88. The zero-order chi connectivity index (χ0) is 19.3. The quantitative estimate of drug-likeness (QED) is 0.685. The van der Waals surface area contributed by atoms with Crippen molar-refractivity contribution in [2.75, 3.05) is 24.5 Å². The van der Waals surface area contributed by atoms with Crippen LogP contribution in [0.4, 0.5) is 5.69 Å². The van der Waals surface area contributed by atoms with Crippen molar-refractivity contribution >= 4 is 17.5 Å². The number of amides is 2. The largest absolute Gasteiger partial charge is 0.469 e. The molecule has 142 valence electrons. The highest BCUT2D eigenvalue weighted by molar-refractivity contribution is 5.98. The number of carbonyl (C=O) groups excluding carboxylic acids is 2. The first-order valence-electron chi connectivity index (χ1n) is 9.44. The van der Waals surface area contributed by atoms with Crippen LogP contribution < -0.4 is 4.90 Å². The number of rotatable bonds is 5. The third kappa shape index (κ3) is 3.83. The van der Waals surface area contributed by atoms with Crippen molar-refractivity contribution in [1.29, 1.82) is 0 Å². The number of nitrogens with zero attached hydrogens (tertiary/aromatic N) is 2. The maximum atomic E-state index is 13.0. The number of furan rings is 1. The normalized spacial score (nSPS) is 15.5. The smallest absolute Gasteiger partial charge is 0.246 e. The number of carbonyl (C=O) groups is 2. The van der Waals surface area contributed by atoms with Gasteiger partial charge in [0, 0.05) is 25.2 Å². The molecule has 0 radical (unpaired) electrons. The van der Waals surface area contributed by atoms with Crippen molar-refractivity contribution in [3.8, 4) is 0 Å². The molecule has 4 rings (SSSR count). The van der Waals surface area contributed by atoms with Crippen LogP contribution in [0.25, 0.3) is 0 Å². The van der Waals surface area contributed by atoms with Crippen LogP contribution >= 0.6 is 0 Å². The lowest BCUT2D eigenvalue weighted by molar-refractivity contribution is -0.137. The van der Waals surface area contributed by atoms with E-state index in [0.717, 1.165) is 17.0 Å². The summed E-state index contributed by atoms with van der Waals surface area (Å²) >= 11 is 0. The Morgan fingerprint density at radius 3 is 2.29 bits per heavy atom. The minimum absolute atomic E-state index is 0.0358. The van der Waals surface area contributed by atoms with Crippen molar-refractivity contribution in [3.05, 3.63) is 90.4 Å². The van der Waals surface area contributed by atoms with Crippen LogP contribution in [0.1, 0.15) is 23.7 Å². The van der Waals surface area contributed by atoms with Gasteiger partial charge in [-0.25, -0.2) is 0 Å². The Bertz CT molecular complexity index is 923. The van der Waals surface area contributed by atoms with E-state index in [2.05, 4.69) is 0 Å². The summed E-state index contributed by atoms with van der Waals surface area (Å²) < 4.78 is 5.59. The van der Waals surface area contributed by atoms with Gasteiger partial charge in [0.15, 0.2) is 0 Å². The van der Waals surface area contributed by atoms with E-state index in [9.17, 15) is 9.59 Å². The van der Waals surface area contributed by atoms with Gasteiger partial charge in [-0.05, 0) is 29.8 Å². The summed E-state index contributed by atoms with van der Waals surface area (Å²) in [6.45, 7) is 1.14. The molecule has 1 unspecified atom stereocenters. The molecule has 2 amide bonds. The molecular formula is C23H22N2O3. The average molecular weight is 374 g/mol. The molecule has 1 aliphatic heterocycles. The fourth-order valence-corrected chi connectivity index (χ4v) is 3.63. The molecule has 2 aromatic carbocycles. The van der Waals surface area contributed by atoms with Gasteiger partial charge in [-0.1, -0.05) is 48.5 Å². The molecule has 0 N–H and O–H groups in total. The van der Waals surface area contributed by atoms with Gasteiger partial charge in [0.1, 0.15) is 12.3 Å². The minimum atomic E-state index is -0.161. The van der Waals surface area contributed by atoms with E-state index in [1.165, 1.54) is 0 Å². The summed E-state index contributed by atoms with van der Waals surface area (Å²) in [5.74, 6) is 0.506. The Labute approximate surface area is 164 Å². The second kappa shape index (κ2) is 8.13. The van der Waals surface area contributed by atoms with E-state index in [0.29, 0.717) is 13.1 Å².